The van der Waals surface area contributed by atoms with Crippen LogP contribution in [0.3, 0.4) is 0 Å². The molecule has 1 aliphatic heterocycles. The topological polar surface area (TPSA) is 218 Å². The predicted molar refractivity (Wildman–Crippen MR) is 80.6 cm³/mol. The normalized spacial score (nSPS) is 24.3. The van der Waals surface area contributed by atoms with Crippen molar-refractivity contribution >= 4 is 24.8 Å². The van der Waals surface area contributed by atoms with Gasteiger partial charge in [-0.2, -0.15) is 0 Å². The molecule has 0 bridgehead atoms. The predicted octanol–water partition coefficient (Wildman–Crippen LogP) is -11.3. The first kappa shape index (κ1) is 30.5. The summed E-state index contributed by atoms with van der Waals surface area (Å²) in [4.78, 5) is 29.2. The van der Waals surface area contributed by atoms with E-state index >= 15 is 0 Å². The summed E-state index contributed by atoms with van der Waals surface area (Å²) in [7, 11) is -4.72. The van der Waals surface area contributed by atoms with E-state index in [2.05, 4.69) is 19.5 Å². The zero-order chi connectivity index (χ0) is 16.8. The van der Waals surface area contributed by atoms with E-state index in [0.717, 1.165) is 0 Å². The van der Waals surface area contributed by atoms with E-state index in [-0.39, 0.29) is 110 Å². The average Bonchev–Trinajstić information content (AvgIpc) is 3.01. The number of aliphatic hydroxyl groups is 2. The summed E-state index contributed by atoms with van der Waals surface area (Å²) in [6.07, 6.45) is -2.49. The zero-order valence-electron chi connectivity index (χ0n) is 18.0. The molecule has 0 aromatic carbocycles. The Morgan fingerprint density at radius 3 is 2.44 bits per heavy atom. The van der Waals surface area contributed by atoms with Crippen LogP contribution in [0.2, 0.25) is 0 Å². The number of fused-ring (bicyclic) bond motifs is 1. The molecule has 2 aromatic rings. The molecular weight excluding hydrogens is 418 g/mol. The van der Waals surface area contributed by atoms with Crippen molar-refractivity contribution in [2.75, 3.05) is 12.3 Å². The fourth-order valence-corrected chi connectivity index (χ4v) is 2.66. The zero-order valence-corrected chi connectivity index (χ0v) is 21.9. The first-order chi connectivity index (χ1) is 10.8. The monoisotopic (exact) mass is 437 g/mol. The second-order valence-electron chi connectivity index (χ2n) is 4.92. The summed E-state index contributed by atoms with van der Waals surface area (Å²) in [6.45, 7) is -0.594. The maximum absolute atomic E-state index is 10.7. The van der Waals surface area contributed by atoms with Crippen LogP contribution in [0.5, 0.6) is 0 Å². The van der Waals surface area contributed by atoms with Crippen LogP contribution in [0.1, 0.15) is 10.5 Å². The summed E-state index contributed by atoms with van der Waals surface area (Å²) in [6, 6.07) is 0. The van der Waals surface area contributed by atoms with Crippen LogP contribution in [0, 0.1) is 0 Å². The Hall–Kier alpha value is 1.30. The molecule has 0 saturated carbocycles. The molecule has 1 aliphatic rings. The minimum Gasteiger partial charge on any atom is -1.00 e. The van der Waals surface area contributed by atoms with Crippen LogP contribution in [0.15, 0.2) is 12.7 Å². The van der Waals surface area contributed by atoms with Gasteiger partial charge in [-0.1, -0.05) is 0 Å². The van der Waals surface area contributed by atoms with Gasteiger partial charge >= 0.3 is 96.5 Å². The molecule has 0 unspecified atom stereocenters. The van der Waals surface area contributed by atoms with Gasteiger partial charge in [0.15, 0.2) is 17.7 Å². The number of aliphatic hydroxyl groups excluding tert-OH is 2. The van der Waals surface area contributed by atoms with E-state index in [1.165, 1.54) is 17.2 Å². The number of phosphoric ester groups is 1. The number of hydrogen-bond donors (Lipinski definition) is 5. The van der Waals surface area contributed by atoms with E-state index in [0.29, 0.717) is 5.52 Å². The number of anilines is 1. The molecule has 4 atom stereocenters. The van der Waals surface area contributed by atoms with E-state index in [1.54, 1.807) is 0 Å². The van der Waals surface area contributed by atoms with Gasteiger partial charge in [0.2, 0.25) is 0 Å². The molecule has 2 aromatic heterocycles. The number of imidazole rings is 1. The molecule has 1 saturated heterocycles. The second kappa shape index (κ2) is 12.2. The van der Waals surface area contributed by atoms with E-state index in [9.17, 15) is 14.8 Å². The van der Waals surface area contributed by atoms with Gasteiger partial charge in [0.05, 0.1) is 12.9 Å². The van der Waals surface area contributed by atoms with Crippen molar-refractivity contribution in [1.29, 1.82) is 0 Å². The fourth-order valence-electron chi connectivity index (χ4n) is 2.32. The van der Waals surface area contributed by atoms with E-state index < -0.39 is 39.0 Å². The number of phosphoric acid groups is 1. The molecule has 0 radical (unpaired) electrons. The molecule has 8 N–H and O–H groups in total. The third-order valence-corrected chi connectivity index (χ3v) is 3.89. The minimum atomic E-state index is -4.72. The summed E-state index contributed by atoms with van der Waals surface area (Å²) in [5.74, 6) is 0.142. The molecule has 27 heavy (non-hydrogen) atoms. The van der Waals surface area contributed by atoms with Crippen molar-refractivity contribution in [3.63, 3.8) is 0 Å². The number of aromatic nitrogens is 4. The van der Waals surface area contributed by atoms with E-state index in [4.69, 9.17) is 20.3 Å². The third kappa shape index (κ3) is 6.91. The van der Waals surface area contributed by atoms with Crippen molar-refractivity contribution in [3.05, 3.63) is 12.7 Å². The smallest absolute Gasteiger partial charge is 1.00 e. The number of rotatable bonds is 4. The van der Waals surface area contributed by atoms with Crippen molar-refractivity contribution in [3.8, 4) is 0 Å². The van der Waals surface area contributed by atoms with Crippen LogP contribution >= 0.6 is 7.82 Å². The number of nitrogens with zero attached hydrogens (tertiary/aromatic N) is 4. The van der Waals surface area contributed by atoms with Gasteiger partial charge in [0, 0.05) is 0 Å². The number of hydrogen-bond acceptors (Lipinski definition) is 9. The molecule has 140 valence electrons. The molecule has 3 heterocycles. The van der Waals surface area contributed by atoms with Gasteiger partial charge in [0.1, 0.15) is 30.2 Å². The number of ether oxygens (including phenoxy) is 1. The second-order valence-corrected chi connectivity index (χ2v) is 6.15. The minimum absolute atomic E-state index is 0. The Morgan fingerprint density at radius 1 is 1.22 bits per heavy atom. The Balaban J connectivity index is -0.000000298. The Bertz CT molecular complexity index is 792. The van der Waals surface area contributed by atoms with Gasteiger partial charge in [0.25, 0.3) is 0 Å². The number of nitrogens with two attached hydrogens (primary N) is 1. The summed E-state index contributed by atoms with van der Waals surface area (Å²) in [5, 5.41) is 20.1. The van der Waals surface area contributed by atoms with Crippen LogP contribution < -0.4 is 94.4 Å². The van der Waals surface area contributed by atoms with Crippen molar-refractivity contribution in [1.82, 2.24) is 19.5 Å². The van der Waals surface area contributed by atoms with Crippen molar-refractivity contribution < 1.29 is 132 Å². The first-order valence-electron chi connectivity index (χ1n) is 6.42. The summed E-state index contributed by atoms with van der Waals surface area (Å²) >= 11 is 0. The largest absolute Gasteiger partial charge is 1.00 e. The molecule has 0 amide bonds. The summed E-state index contributed by atoms with van der Waals surface area (Å²) < 4.78 is 21.8. The Labute approximate surface area is 223 Å². The van der Waals surface area contributed by atoms with Crippen molar-refractivity contribution in [2.45, 2.75) is 24.5 Å². The molecule has 1 fully saturated rings. The standard InChI is InChI=1S/C10H14N5O7P.3Na.H2O.3H/c11-8-5-9(13-2-12-8)15(3-14-5)10-7(17)6(16)4(22-10)1-21-23(18,19)20;;;;;;;/h2-4,6-7,10,16-17H,1H2,(H2,11,12,13)(H2,18,19,20);;;;1H2;;;/q;3*+1;;3*-1/t4-,6-,7-,10-;;;;;;;/m1......./s1. The van der Waals surface area contributed by atoms with Gasteiger partial charge < -0.3 is 40.2 Å². The average molecular weight is 437 g/mol. The van der Waals surface area contributed by atoms with Gasteiger partial charge in [-0.3, -0.25) is 9.09 Å². The van der Waals surface area contributed by atoms with Gasteiger partial charge in [-0.25, -0.2) is 19.5 Å². The maximum Gasteiger partial charge on any atom is 1.00 e. The van der Waals surface area contributed by atoms with Crippen LogP contribution in [-0.2, 0) is 13.8 Å². The number of nitrogen functional groups attached to an aromatic ring is 1. The van der Waals surface area contributed by atoms with Gasteiger partial charge in [-0.15, -0.1) is 0 Å². The molecular formula is C10H19N5Na3O8P. The molecule has 0 aliphatic carbocycles. The molecule has 17 heteroatoms. The van der Waals surface area contributed by atoms with Gasteiger partial charge in [-0.05, 0) is 0 Å². The van der Waals surface area contributed by atoms with Crippen molar-refractivity contribution in [2.24, 2.45) is 0 Å². The van der Waals surface area contributed by atoms with E-state index in [1.807, 2.05) is 0 Å². The Morgan fingerprint density at radius 2 is 1.85 bits per heavy atom. The fraction of sp³-hybridized carbons (Fsp3) is 0.500. The molecule has 3 rings (SSSR count). The quantitative estimate of drug-likeness (QED) is 0.223. The van der Waals surface area contributed by atoms with Crippen LogP contribution in [-0.4, -0.2) is 69.9 Å². The van der Waals surface area contributed by atoms with Crippen LogP contribution in [0.25, 0.3) is 11.2 Å². The SMILES string of the molecule is Nc1ncnc2c1ncn2[C@@H]1O[C@H](COP(=O)(O)O)[C@@H](O)[C@H]1O.O.[H-].[H-].[H-].[Na+].[Na+].[Na+]. The molecule has 13 nitrogen and oxygen atoms in total. The first-order valence-corrected chi connectivity index (χ1v) is 7.95. The molecule has 0 spiro atoms. The van der Waals surface area contributed by atoms with Crippen LogP contribution in [0.4, 0.5) is 5.82 Å². The summed E-state index contributed by atoms with van der Waals surface area (Å²) in [5.41, 5.74) is 6.25. The maximum atomic E-state index is 10.7. The third-order valence-electron chi connectivity index (χ3n) is 3.41. The Kier molecular flexibility index (Phi) is 13.8.